The van der Waals surface area contributed by atoms with Crippen molar-refractivity contribution in [2.75, 3.05) is 0 Å². The van der Waals surface area contributed by atoms with E-state index in [1.165, 1.54) is 0 Å². The van der Waals surface area contributed by atoms with Crippen LogP contribution < -0.4 is 0 Å². The SMILES string of the molecule is FC(F)(F)C1=CC(C(F)(F)F)CC(C(F)(F)F)C1C(F)(F)F. The van der Waals surface area contributed by atoms with Crippen LogP contribution in [0, 0.1) is 17.8 Å². The van der Waals surface area contributed by atoms with Gasteiger partial charge >= 0.3 is 24.7 Å². The number of hydrogen-bond donors (Lipinski definition) is 0. The van der Waals surface area contributed by atoms with Crippen LogP contribution in [0.2, 0.25) is 0 Å². The number of alkyl halides is 12. The Bertz CT molecular complexity index is 431. The maximum atomic E-state index is 12.6. The standard InChI is InChI=1S/C10H6F12/c11-7(12,13)3-1-4(8(14,15)16)6(10(20,21)22)5(2-3)9(17,18)19/h1,3,5-6H,2H2. The Morgan fingerprint density at radius 1 is 0.682 bits per heavy atom. The van der Waals surface area contributed by atoms with Crippen LogP contribution in [0.4, 0.5) is 52.7 Å². The summed E-state index contributed by atoms with van der Waals surface area (Å²) in [7, 11) is 0. The fraction of sp³-hybridized carbons (Fsp3) is 0.800. The molecule has 0 amide bonds. The van der Waals surface area contributed by atoms with Crippen molar-refractivity contribution in [3.63, 3.8) is 0 Å². The number of halogens is 12. The lowest BCUT2D eigenvalue weighted by Gasteiger charge is -2.39. The molecule has 130 valence electrons. The minimum absolute atomic E-state index is 0.805. The molecule has 1 rings (SSSR count). The molecule has 0 saturated carbocycles. The first-order valence-corrected chi connectivity index (χ1v) is 5.44. The normalized spacial score (nSPS) is 28.5. The molecule has 0 spiro atoms. The summed E-state index contributed by atoms with van der Waals surface area (Å²) in [5.41, 5.74) is -2.86. The fourth-order valence-electron chi connectivity index (χ4n) is 2.24. The van der Waals surface area contributed by atoms with Gasteiger partial charge in [-0.3, -0.25) is 0 Å². The van der Waals surface area contributed by atoms with Crippen LogP contribution in [0.15, 0.2) is 11.6 Å². The van der Waals surface area contributed by atoms with Gasteiger partial charge in [-0.15, -0.1) is 0 Å². The highest BCUT2D eigenvalue weighted by Crippen LogP contribution is 2.55. The molecule has 0 fully saturated rings. The van der Waals surface area contributed by atoms with Gasteiger partial charge in [0.05, 0.1) is 17.8 Å². The maximum absolute atomic E-state index is 12.6. The predicted molar refractivity (Wildman–Crippen MR) is 47.4 cm³/mol. The van der Waals surface area contributed by atoms with E-state index in [-0.39, 0.29) is 0 Å². The lowest BCUT2D eigenvalue weighted by molar-refractivity contribution is -0.270. The molecule has 0 aromatic rings. The molecule has 22 heavy (non-hydrogen) atoms. The van der Waals surface area contributed by atoms with E-state index in [1.807, 2.05) is 0 Å². The first kappa shape index (κ1) is 18.9. The molecule has 0 aromatic heterocycles. The lowest BCUT2D eigenvalue weighted by atomic mass is 9.72. The van der Waals surface area contributed by atoms with Gasteiger partial charge < -0.3 is 0 Å². The van der Waals surface area contributed by atoms with Crippen molar-refractivity contribution in [3.8, 4) is 0 Å². The molecule has 0 heterocycles. The van der Waals surface area contributed by atoms with Crippen LogP contribution in [0.1, 0.15) is 6.42 Å². The molecular formula is C10H6F12. The highest BCUT2D eigenvalue weighted by Gasteiger charge is 2.64. The largest absolute Gasteiger partial charge is 0.413 e. The topological polar surface area (TPSA) is 0 Å². The molecular weight excluding hydrogens is 348 g/mol. The third-order valence-corrected chi connectivity index (χ3v) is 3.15. The first-order valence-electron chi connectivity index (χ1n) is 5.44. The summed E-state index contributed by atoms with van der Waals surface area (Å²) in [5, 5.41) is 0. The van der Waals surface area contributed by atoms with Crippen LogP contribution in [0.5, 0.6) is 0 Å². The summed E-state index contributed by atoms with van der Waals surface area (Å²) < 4.78 is 150. The van der Waals surface area contributed by atoms with Crippen molar-refractivity contribution >= 4 is 0 Å². The third-order valence-electron chi connectivity index (χ3n) is 3.15. The summed E-state index contributed by atoms with van der Waals surface area (Å²) in [6.07, 6.45) is -26.3. The van der Waals surface area contributed by atoms with Crippen molar-refractivity contribution in [3.05, 3.63) is 11.6 Å². The Hall–Kier alpha value is -1.10. The van der Waals surface area contributed by atoms with Gasteiger partial charge in [-0.1, -0.05) is 6.08 Å². The molecule has 0 aliphatic heterocycles. The lowest BCUT2D eigenvalue weighted by Crippen LogP contribution is -2.48. The molecule has 1 aliphatic rings. The van der Waals surface area contributed by atoms with E-state index < -0.39 is 60.5 Å². The summed E-state index contributed by atoms with van der Waals surface area (Å²) in [4.78, 5) is 0. The van der Waals surface area contributed by atoms with Gasteiger partial charge in [0.2, 0.25) is 0 Å². The first-order chi connectivity index (χ1) is 9.45. The van der Waals surface area contributed by atoms with E-state index in [1.54, 1.807) is 0 Å². The summed E-state index contributed by atoms with van der Waals surface area (Å²) in [6.45, 7) is 0. The van der Waals surface area contributed by atoms with Crippen LogP contribution in [0.25, 0.3) is 0 Å². The van der Waals surface area contributed by atoms with E-state index in [0.717, 1.165) is 0 Å². The molecule has 0 aromatic carbocycles. The highest BCUT2D eigenvalue weighted by atomic mass is 19.4. The van der Waals surface area contributed by atoms with E-state index in [9.17, 15) is 52.7 Å². The quantitative estimate of drug-likeness (QED) is 0.403. The fourth-order valence-corrected chi connectivity index (χ4v) is 2.24. The summed E-state index contributed by atoms with van der Waals surface area (Å²) >= 11 is 0. The Morgan fingerprint density at radius 2 is 1.14 bits per heavy atom. The second-order valence-electron chi connectivity index (χ2n) is 4.67. The molecule has 12 heteroatoms. The van der Waals surface area contributed by atoms with Gasteiger partial charge in [0, 0.05) is 5.57 Å². The molecule has 0 N–H and O–H groups in total. The van der Waals surface area contributed by atoms with E-state index >= 15 is 0 Å². The zero-order chi connectivity index (χ0) is 17.7. The number of hydrogen-bond acceptors (Lipinski definition) is 0. The molecule has 1 aliphatic carbocycles. The minimum Gasteiger partial charge on any atom is -0.171 e. The third kappa shape index (κ3) is 4.00. The van der Waals surface area contributed by atoms with Gasteiger partial charge in [-0.05, 0) is 6.42 Å². The Kier molecular flexibility index (Phi) is 4.50. The molecule has 0 saturated heterocycles. The smallest absolute Gasteiger partial charge is 0.171 e. The second-order valence-corrected chi connectivity index (χ2v) is 4.67. The second kappa shape index (κ2) is 5.22. The van der Waals surface area contributed by atoms with Crippen LogP contribution in [-0.4, -0.2) is 24.7 Å². The van der Waals surface area contributed by atoms with E-state index in [0.29, 0.717) is 0 Å². The summed E-state index contributed by atoms with van der Waals surface area (Å²) in [6, 6.07) is 0. The molecule has 0 nitrogen and oxygen atoms in total. The molecule has 3 unspecified atom stereocenters. The monoisotopic (exact) mass is 354 g/mol. The molecule has 3 atom stereocenters. The van der Waals surface area contributed by atoms with Crippen LogP contribution in [-0.2, 0) is 0 Å². The van der Waals surface area contributed by atoms with Crippen LogP contribution >= 0.6 is 0 Å². The van der Waals surface area contributed by atoms with Gasteiger partial charge in [-0.25, -0.2) is 0 Å². The van der Waals surface area contributed by atoms with E-state index in [4.69, 9.17) is 0 Å². The highest BCUT2D eigenvalue weighted by molar-refractivity contribution is 5.23. The van der Waals surface area contributed by atoms with E-state index in [2.05, 4.69) is 0 Å². The minimum atomic E-state index is -5.99. The molecule has 0 radical (unpaired) electrons. The number of rotatable bonds is 0. The Labute approximate surface area is 114 Å². The summed E-state index contributed by atoms with van der Waals surface area (Å²) in [5.74, 6) is -11.2. The van der Waals surface area contributed by atoms with Gasteiger partial charge in [0.25, 0.3) is 0 Å². The van der Waals surface area contributed by atoms with Gasteiger partial charge in [0.1, 0.15) is 0 Å². The van der Waals surface area contributed by atoms with Crippen molar-refractivity contribution in [1.82, 2.24) is 0 Å². The zero-order valence-corrected chi connectivity index (χ0v) is 10.1. The van der Waals surface area contributed by atoms with Gasteiger partial charge in [0.15, 0.2) is 0 Å². The average Bonchev–Trinajstić information content (AvgIpc) is 2.22. The van der Waals surface area contributed by atoms with Crippen molar-refractivity contribution in [2.45, 2.75) is 31.1 Å². The maximum Gasteiger partial charge on any atom is 0.413 e. The van der Waals surface area contributed by atoms with Gasteiger partial charge in [-0.2, -0.15) is 52.7 Å². The van der Waals surface area contributed by atoms with Crippen LogP contribution in [0.3, 0.4) is 0 Å². The average molecular weight is 354 g/mol. The Balaban J connectivity index is 3.52. The predicted octanol–water partition coefficient (Wildman–Crippen LogP) is 5.41. The molecule has 0 bridgehead atoms. The zero-order valence-electron chi connectivity index (χ0n) is 10.1. The van der Waals surface area contributed by atoms with Crippen molar-refractivity contribution in [2.24, 2.45) is 17.8 Å². The van der Waals surface area contributed by atoms with Crippen molar-refractivity contribution < 1.29 is 52.7 Å². The van der Waals surface area contributed by atoms with Crippen molar-refractivity contribution in [1.29, 1.82) is 0 Å². The Morgan fingerprint density at radius 3 is 1.41 bits per heavy atom. The number of allylic oxidation sites excluding steroid dienone is 2.